The Morgan fingerprint density at radius 3 is 2.80 bits per heavy atom. The summed E-state index contributed by atoms with van der Waals surface area (Å²) in [6.45, 7) is 0. The van der Waals surface area contributed by atoms with E-state index in [1.54, 1.807) is 0 Å². The fourth-order valence-corrected chi connectivity index (χ4v) is 1.70. The van der Waals surface area contributed by atoms with Crippen molar-refractivity contribution < 1.29 is 14.3 Å². The van der Waals surface area contributed by atoms with Gasteiger partial charge in [-0.25, -0.2) is 4.99 Å². The largest absolute Gasteiger partial charge is 0.468 e. The summed E-state index contributed by atoms with van der Waals surface area (Å²) in [5.41, 5.74) is 0.363. The third kappa shape index (κ3) is 2.67. The van der Waals surface area contributed by atoms with Crippen LogP contribution in [0.4, 0.5) is 0 Å². The van der Waals surface area contributed by atoms with Crippen LogP contribution < -0.4 is 0 Å². The average Bonchev–Trinajstić information content (AvgIpc) is 2.16. The number of halogens is 2. The number of carbonyl (C=O) groups is 2. The van der Waals surface area contributed by atoms with Crippen molar-refractivity contribution in [2.24, 2.45) is 10.9 Å². The van der Waals surface area contributed by atoms with Gasteiger partial charge in [0.25, 0.3) is 0 Å². The number of nitrogens with zero attached hydrogens (tertiary/aromatic N) is 1. The number of ether oxygens (including phenoxy) is 1. The average molecular weight is 248 g/mol. The highest BCUT2D eigenvalue weighted by molar-refractivity contribution is 6.68. The van der Waals surface area contributed by atoms with Crippen LogP contribution in [0, 0.1) is 5.92 Å². The zero-order chi connectivity index (χ0) is 11.4. The van der Waals surface area contributed by atoms with Gasteiger partial charge in [0.05, 0.1) is 7.11 Å². The molecule has 1 aliphatic rings. The first-order chi connectivity index (χ1) is 7.10. The fraction of sp³-hybridized carbons (Fsp3) is 0.222. The molecule has 6 heteroatoms. The molecule has 0 aromatic rings. The number of methoxy groups -OCH3 is 1. The molecule has 0 amide bonds. The van der Waals surface area contributed by atoms with Gasteiger partial charge in [-0.1, -0.05) is 23.2 Å². The number of allylic oxidation sites excluding steroid dienone is 2. The Bertz CT molecular complexity index is 385. The van der Waals surface area contributed by atoms with Crippen LogP contribution in [0.1, 0.15) is 0 Å². The summed E-state index contributed by atoms with van der Waals surface area (Å²) in [7, 11) is 1.23. The van der Waals surface area contributed by atoms with Crippen LogP contribution in [0.15, 0.2) is 27.9 Å². The molecule has 0 saturated heterocycles. The molecule has 0 aromatic carbocycles. The Kier molecular flexibility index (Phi) is 4.05. The van der Waals surface area contributed by atoms with Crippen LogP contribution in [-0.2, 0) is 14.3 Å². The molecular formula is C9H7Cl2NO3. The Morgan fingerprint density at radius 2 is 2.27 bits per heavy atom. The third-order valence-electron chi connectivity index (χ3n) is 1.77. The molecule has 1 aliphatic heterocycles. The second-order valence-electron chi connectivity index (χ2n) is 2.66. The highest BCUT2D eigenvalue weighted by Crippen LogP contribution is 2.27. The van der Waals surface area contributed by atoms with E-state index in [0.29, 0.717) is 11.9 Å². The molecule has 15 heavy (non-hydrogen) atoms. The first-order valence-electron chi connectivity index (χ1n) is 3.94. The molecule has 0 fully saturated rings. The van der Waals surface area contributed by atoms with Crippen LogP contribution >= 0.6 is 23.2 Å². The van der Waals surface area contributed by atoms with Crippen molar-refractivity contribution >= 4 is 40.6 Å². The predicted octanol–water partition coefficient (Wildman–Crippen LogP) is 1.63. The summed E-state index contributed by atoms with van der Waals surface area (Å²) in [4.78, 5) is 25.4. The standard InChI is InChI=1S/C9H7Cl2NO3/c1-15-9(14)7-5(2-3-13)4-6(10)12-8(7)11/h2-4,7H,1H3. The van der Waals surface area contributed by atoms with Gasteiger partial charge in [0.1, 0.15) is 22.5 Å². The normalized spacial score (nSPS) is 23.1. The quantitative estimate of drug-likeness (QED) is 0.323. The van der Waals surface area contributed by atoms with Crippen molar-refractivity contribution in [2.45, 2.75) is 0 Å². The number of carbonyl (C=O) groups excluding carboxylic acids is 2. The number of hydrogen-bond acceptors (Lipinski definition) is 4. The second-order valence-corrected chi connectivity index (χ2v) is 3.44. The summed E-state index contributed by atoms with van der Waals surface area (Å²) in [6.07, 6.45) is 3.13. The predicted molar refractivity (Wildman–Crippen MR) is 56.9 cm³/mol. The van der Waals surface area contributed by atoms with E-state index in [9.17, 15) is 9.59 Å². The van der Waals surface area contributed by atoms with E-state index in [4.69, 9.17) is 23.2 Å². The lowest BCUT2D eigenvalue weighted by Crippen LogP contribution is -2.25. The molecule has 4 nitrogen and oxygen atoms in total. The Labute approximate surface area is 96.2 Å². The molecule has 80 valence electrons. The molecular weight excluding hydrogens is 241 g/mol. The van der Waals surface area contributed by atoms with Crippen LogP contribution in [0.2, 0.25) is 0 Å². The van der Waals surface area contributed by atoms with Gasteiger partial charge in [-0.05, 0) is 17.7 Å². The van der Waals surface area contributed by atoms with Crippen molar-refractivity contribution in [2.75, 3.05) is 7.11 Å². The summed E-state index contributed by atoms with van der Waals surface area (Å²) in [5.74, 6) is -1.46. The summed E-state index contributed by atoms with van der Waals surface area (Å²) in [6, 6.07) is 0. The molecule has 1 atom stereocenters. The van der Waals surface area contributed by atoms with Gasteiger partial charge in [0.2, 0.25) is 0 Å². The zero-order valence-corrected chi connectivity index (χ0v) is 9.25. The topological polar surface area (TPSA) is 55.7 Å². The van der Waals surface area contributed by atoms with E-state index in [-0.39, 0.29) is 10.3 Å². The molecule has 0 N–H and O–H groups in total. The lowest BCUT2D eigenvalue weighted by Gasteiger charge is -2.17. The Balaban J connectivity index is 3.13. The van der Waals surface area contributed by atoms with Crippen LogP contribution in [0.25, 0.3) is 0 Å². The van der Waals surface area contributed by atoms with Crippen molar-refractivity contribution in [1.29, 1.82) is 0 Å². The maximum atomic E-state index is 11.4. The summed E-state index contributed by atoms with van der Waals surface area (Å²) >= 11 is 11.4. The van der Waals surface area contributed by atoms with Crippen LogP contribution in [0.5, 0.6) is 0 Å². The molecule has 0 spiro atoms. The molecule has 0 aromatic heterocycles. The molecule has 1 heterocycles. The van der Waals surface area contributed by atoms with Crippen molar-refractivity contribution in [3.63, 3.8) is 0 Å². The van der Waals surface area contributed by atoms with Gasteiger partial charge >= 0.3 is 5.97 Å². The molecule has 0 saturated carbocycles. The lowest BCUT2D eigenvalue weighted by atomic mass is 9.98. The fourth-order valence-electron chi connectivity index (χ4n) is 1.13. The van der Waals surface area contributed by atoms with E-state index in [1.807, 2.05) is 0 Å². The number of aliphatic imine (C=N–C) groups is 1. The van der Waals surface area contributed by atoms with Gasteiger partial charge in [0.15, 0.2) is 0 Å². The van der Waals surface area contributed by atoms with Gasteiger partial charge in [-0.3, -0.25) is 9.59 Å². The first kappa shape index (κ1) is 11.9. The first-order valence-corrected chi connectivity index (χ1v) is 4.70. The monoisotopic (exact) mass is 247 g/mol. The highest BCUT2D eigenvalue weighted by atomic mass is 35.5. The van der Waals surface area contributed by atoms with E-state index in [2.05, 4.69) is 9.73 Å². The zero-order valence-electron chi connectivity index (χ0n) is 7.74. The number of esters is 1. The Morgan fingerprint density at radius 1 is 1.60 bits per heavy atom. The molecule has 0 aliphatic carbocycles. The highest BCUT2D eigenvalue weighted by Gasteiger charge is 2.30. The second kappa shape index (κ2) is 5.09. The van der Waals surface area contributed by atoms with Crippen molar-refractivity contribution in [1.82, 2.24) is 0 Å². The van der Waals surface area contributed by atoms with Gasteiger partial charge in [0, 0.05) is 0 Å². The van der Waals surface area contributed by atoms with Crippen LogP contribution in [-0.4, -0.2) is 24.5 Å². The van der Waals surface area contributed by atoms with Gasteiger partial charge in [-0.15, -0.1) is 0 Å². The van der Waals surface area contributed by atoms with E-state index in [0.717, 1.165) is 0 Å². The number of rotatable bonds is 2. The smallest absolute Gasteiger partial charge is 0.320 e. The molecule has 1 rings (SSSR count). The SMILES string of the molecule is COC(=O)C1C(=CC=O)C=C(Cl)N=C1Cl. The molecule has 1 unspecified atom stereocenters. The minimum atomic E-state index is -0.871. The number of aldehydes is 1. The van der Waals surface area contributed by atoms with Crippen molar-refractivity contribution in [3.8, 4) is 0 Å². The van der Waals surface area contributed by atoms with Gasteiger partial charge < -0.3 is 4.74 Å². The maximum Gasteiger partial charge on any atom is 0.320 e. The maximum absolute atomic E-state index is 11.4. The van der Waals surface area contributed by atoms with E-state index >= 15 is 0 Å². The third-order valence-corrected chi connectivity index (χ3v) is 2.26. The van der Waals surface area contributed by atoms with Crippen LogP contribution in [0.3, 0.4) is 0 Å². The van der Waals surface area contributed by atoms with E-state index < -0.39 is 11.9 Å². The van der Waals surface area contributed by atoms with Gasteiger partial charge in [-0.2, -0.15) is 0 Å². The molecule has 0 bridgehead atoms. The summed E-state index contributed by atoms with van der Waals surface area (Å²) < 4.78 is 4.54. The summed E-state index contributed by atoms with van der Waals surface area (Å²) in [5, 5.41) is 0.107. The number of hydrogen-bond donors (Lipinski definition) is 0. The van der Waals surface area contributed by atoms with E-state index in [1.165, 1.54) is 19.3 Å². The van der Waals surface area contributed by atoms with Crippen molar-refractivity contribution in [3.05, 3.63) is 22.9 Å². The lowest BCUT2D eigenvalue weighted by molar-refractivity contribution is -0.141. The molecule has 0 radical (unpaired) electrons. The minimum Gasteiger partial charge on any atom is -0.468 e. The Hall–Kier alpha value is -1.13. The minimum absolute atomic E-state index is 0.0116.